The number of nitrogens with zero attached hydrogens (tertiary/aromatic N) is 3. The summed E-state index contributed by atoms with van der Waals surface area (Å²) in [5.74, 6) is 0.117. The number of hydrogen-bond donors (Lipinski definition) is 1. The molecule has 0 aromatic heterocycles. The van der Waals surface area contributed by atoms with Crippen LogP contribution in [0.2, 0.25) is 0 Å². The highest BCUT2D eigenvalue weighted by atomic mass is 16.2. The zero-order valence-electron chi connectivity index (χ0n) is 14.1. The van der Waals surface area contributed by atoms with E-state index in [9.17, 15) is 4.79 Å². The molecule has 2 saturated heterocycles. The van der Waals surface area contributed by atoms with E-state index in [4.69, 9.17) is 5.73 Å². The first-order chi connectivity index (χ1) is 11.1. The van der Waals surface area contributed by atoms with Gasteiger partial charge < -0.3 is 15.5 Å². The summed E-state index contributed by atoms with van der Waals surface area (Å²) in [6, 6.07) is 8.25. The highest BCUT2D eigenvalue weighted by Crippen LogP contribution is 2.15. The summed E-state index contributed by atoms with van der Waals surface area (Å²) in [7, 11) is 2.17. The Morgan fingerprint density at radius 3 is 2.48 bits per heavy atom. The van der Waals surface area contributed by atoms with Crippen LogP contribution in [0.4, 0.5) is 0 Å². The lowest BCUT2D eigenvalue weighted by atomic mass is 10.0. The molecule has 2 fully saturated rings. The Hall–Kier alpha value is -1.43. The largest absolute Gasteiger partial charge is 0.337 e. The second kappa shape index (κ2) is 7.43. The molecule has 2 heterocycles. The number of piperidine rings is 1. The highest BCUT2D eigenvalue weighted by molar-refractivity contribution is 5.94. The van der Waals surface area contributed by atoms with Crippen LogP contribution in [0.15, 0.2) is 24.3 Å². The average Bonchev–Trinajstić information content (AvgIpc) is 2.57. The lowest BCUT2D eigenvalue weighted by Crippen LogP contribution is -2.45. The summed E-state index contributed by atoms with van der Waals surface area (Å²) in [5.41, 5.74) is 8.03. The molecule has 1 atom stereocenters. The number of piperazine rings is 1. The predicted molar refractivity (Wildman–Crippen MR) is 92.3 cm³/mol. The first-order valence-electron chi connectivity index (χ1n) is 8.66. The third kappa shape index (κ3) is 4.31. The van der Waals surface area contributed by atoms with Crippen molar-refractivity contribution in [3.63, 3.8) is 0 Å². The predicted octanol–water partition coefficient (Wildman–Crippen LogP) is 0.997. The van der Waals surface area contributed by atoms with Gasteiger partial charge in [0, 0.05) is 57.4 Å². The Bertz CT molecular complexity index is 522. The van der Waals surface area contributed by atoms with E-state index in [1.807, 2.05) is 17.0 Å². The molecule has 23 heavy (non-hydrogen) atoms. The molecule has 5 heteroatoms. The number of benzene rings is 1. The van der Waals surface area contributed by atoms with Crippen molar-refractivity contribution in [2.75, 3.05) is 46.3 Å². The molecule has 0 radical (unpaired) electrons. The van der Waals surface area contributed by atoms with Gasteiger partial charge in [-0.2, -0.15) is 0 Å². The van der Waals surface area contributed by atoms with E-state index >= 15 is 0 Å². The highest BCUT2D eigenvalue weighted by Gasteiger charge is 2.22. The van der Waals surface area contributed by atoms with E-state index in [0.29, 0.717) is 6.54 Å². The van der Waals surface area contributed by atoms with Crippen LogP contribution < -0.4 is 5.73 Å². The standard InChI is InChI=1S/C18H28N4O/c1-20-9-11-21(12-10-20)13-15-4-6-16(7-5-15)18(23)22-8-2-3-17(19)14-22/h4-7,17H,2-3,8-14,19H2,1H3. The monoisotopic (exact) mass is 316 g/mol. The van der Waals surface area contributed by atoms with Gasteiger partial charge in [0.25, 0.3) is 5.91 Å². The van der Waals surface area contributed by atoms with Gasteiger partial charge >= 0.3 is 0 Å². The van der Waals surface area contributed by atoms with Crippen molar-refractivity contribution in [3.05, 3.63) is 35.4 Å². The van der Waals surface area contributed by atoms with Gasteiger partial charge in [0.1, 0.15) is 0 Å². The number of likely N-dealkylation sites (N-methyl/N-ethyl adjacent to an activating group) is 1. The minimum Gasteiger partial charge on any atom is -0.337 e. The zero-order valence-corrected chi connectivity index (χ0v) is 14.1. The number of amides is 1. The van der Waals surface area contributed by atoms with Crippen LogP contribution in [0.3, 0.4) is 0 Å². The molecule has 0 aliphatic carbocycles. The van der Waals surface area contributed by atoms with Gasteiger partial charge in [-0.1, -0.05) is 12.1 Å². The molecular weight excluding hydrogens is 288 g/mol. The topological polar surface area (TPSA) is 52.8 Å². The van der Waals surface area contributed by atoms with E-state index in [2.05, 4.69) is 29.0 Å². The van der Waals surface area contributed by atoms with E-state index in [0.717, 1.165) is 57.7 Å². The summed E-state index contributed by atoms with van der Waals surface area (Å²) in [4.78, 5) is 19.3. The van der Waals surface area contributed by atoms with Crippen LogP contribution in [-0.2, 0) is 6.54 Å². The average molecular weight is 316 g/mol. The summed E-state index contributed by atoms with van der Waals surface area (Å²) in [6.07, 6.45) is 2.03. The van der Waals surface area contributed by atoms with Gasteiger partial charge in [-0.25, -0.2) is 0 Å². The van der Waals surface area contributed by atoms with Crippen molar-refractivity contribution in [1.82, 2.24) is 14.7 Å². The molecule has 0 spiro atoms. The number of hydrogen-bond acceptors (Lipinski definition) is 4. The van der Waals surface area contributed by atoms with Crippen LogP contribution in [0, 0.1) is 0 Å². The Balaban J connectivity index is 1.57. The van der Waals surface area contributed by atoms with Gasteiger partial charge in [-0.05, 0) is 37.6 Å². The maximum absolute atomic E-state index is 12.5. The fourth-order valence-corrected chi connectivity index (χ4v) is 3.39. The van der Waals surface area contributed by atoms with Crippen LogP contribution in [-0.4, -0.2) is 73.0 Å². The van der Waals surface area contributed by atoms with Crippen LogP contribution in [0.25, 0.3) is 0 Å². The molecule has 5 nitrogen and oxygen atoms in total. The van der Waals surface area contributed by atoms with E-state index in [1.54, 1.807) is 0 Å². The lowest BCUT2D eigenvalue weighted by molar-refractivity contribution is 0.0709. The molecule has 2 aliphatic rings. The van der Waals surface area contributed by atoms with Gasteiger partial charge in [-0.15, -0.1) is 0 Å². The fourth-order valence-electron chi connectivity index (χ4n) is 3.39. The summed E-state index contributed by atoms with van der Waals surface area (Å²) >= 11 is 0. The fraction of sp³-hybridized carbons (Fsp3) is 0.611. The third-order valence-corrected chi connectivity index (χ3v) is 4.95. The normalized spacial score (nSPS) is 23.9. The number of likely N-dealkylation sites (tertiary alicyclic amines) is 1. The number of carbonyl (C=O) groups excluding carboxylic acids is 1. The summed E-state index contributed by atoms with van der Waals surface area (Å²) in [5, 5.41) is 0. The first-order valence-corrected chi connectivity index (χ1v) is 8.66. The number of rotatable bonds is 3. The molecule has 1 amide bonds. The van der Waals surface area contributed by atoms with Crippen LogP contribution in [0.5, 0.6) is 0 Å². The van der Waals surface area contributed by atoms with Gasteiger partial charge in [0.05, 0.1) is 0 Å². The maximum atomic E-state index is 12.5. The third-order valence-electron chi connectivity index (χ3n) is 4.95. The van der Waals surface area contributed by atoms with Crippen LogP contribution in [0.1, 0.15) is 28.8 Å². The van der Waals surface area contributed by atoms with Crippen molar-refractivity contribution >= 4 is 5.91 Å². The van der Waals surface area contributed by atoms with Crippen molar-refractivity contribution in [3.8, 4) is 0 Å². The molecule has 0 saturated carbocycles. The Labute approximate surface area is 139 Å². The molecular formula is C18H28N4O. The first kappa shape index (κ1) is 16.4. The molecule has 1 unspecified atom stereocenters. The second-order valence-electron chi connectivity index (χ2n) is 6.93. The number of carbonyl (C=O) groups is 1. The molecule has 0 bridgehead atoms. The van der Waals surface area contributed by atoms with Crippen molar-refractivity contribution in [1.29, 1.82) is 0 Å². The summed E-state index contributed by atoms with van der Waals surface area (Å²) in [6.45, 7) is 6.97. The molecule has 1 aromatic carbocycles. The van der Waals surface area contributed by atoms with Crippen molar-refractivity contribution in [2.24, 2.45) is 5.73 Å². The van der Waals surface area contributed by atoms with Crippen molar-refractivity contribution in [2.45, 2.75) is 25.4 Å². The van der Waals surface area contributed by atoms with Gasteiger partial charge in [0.2, 0.25) is 0 Å². The molecule has 3 rings (SSSR count). The van der Waals surface area contributed by atoms with Crippen molar-refractivity contribution < 1.29 is 4.79 Å². The van der Waals surface area contributed by atoms with Crippen LogP contribution >= 0.6 is 0 Å². The molecule has 126 valence electrons. The smallest absolute Gasteiger partial charge is 0.253 e. The van der Waals surface area contributed by atoms with E-state index < -0.39 is 0 Å². The van der Waals surface area contributed by atoms with Gasteiger partial charge in [0.15, 0.2) is 0 Å². The Kier molecular flexibility index (Phi) is 5.30. The summed E-state index contributed by atoms with van der Waals surface area (Å²) < 4.78 is 0. The van der Waals surface area contributed by atoms with E-state index in [1.165, 1.54) is 5.56 Å². The SMILES string of the molecule is CN1CCN(Cc2ccc(C(=O)N3CCCC(N)C3)cc2)CC1. The minimum atomic E-state index is 0.117. The maximum Gasteiger partial charge on any atom is 0.253 e. The quantitative estimate of drug-likeness (QED) is 0.904. The number of nitrogens with two attached hydrogens (primary N) is 1. The second-order valence-corrected chi connectivity index (χ2v) is 6.93. The minimum absolute atomic E-state index is 0.117. The Morgan fingerprint density at radius 1 is 1.13 bits per heavy atom. The molecule has 2 aliphatic heterocycles. The lowest BCUT2D eigenvalue weighted by Gasteiger charge is -2.32. The van der Waals surface area contributed by atoms with E-state index in [-0.39, 0.29) is 11.9 Å². The van der Waals surface area contributed by atoms with Gasteiger partial charge in [-0.3, -0.25) is 9.69 Å². The molecule has 1 aromatic rings. The molecule has 2 N–H and O–H groups in total. The Morgan fingerprint density at radius 2 is 1.83 bits per heavy atom. The zero-order chi connectivity index (χ0) is 16.2.